The SMILES string of the molecule is O=C(C1CC1)N(C1CCOCC1)C1CCN(S(=O)(=O)c2cccc(F)c2)C1. The molecule has 1 saturated carbocycles. The van der Waals surface area contributed by atoms with Gasteiger partial charge >= 0.3 is 0 Å². The molecule has 1 aromatic carbocycles. The van der Waals surface area contributed by atoms with Crippen LogP contribution in [0.1, 0.15) is 32.1 Å². The van der Waals surface area contributed by atoms with Crippen molar-refractivity contribution in [1.29, 1.82) is 0 Å². The molecule has 3 aliphatic rings. The third-order valence-electron chi connectivity index (χ3n) is 5.72. The molecule has 1 atom stereocenters. The molecule has 1 amide bonds. The average Bonchev–Trinajstić information content (AvgIpc) is 3.41. The summed E-state index contributed by atoms with van der Waals surface area (Å²) in [6.45, 7) is 1.89. The maximum Gasteiger partial charge on any atom is 0.243 e. The second-order valence-corrected chi connectivity index (χ2v) is 9.56. The number of carbonyl (C=O) groups excluding carboxylic acids is 1. The van der Waals surface area contributed by atoms with E-state index in [-0.39, 0.29) is 35.3 Å². The molecular formula is C19H25FN2O4S. The van der Waals surface area contributed by atoms with Gasteiger partial charge in [-0.2, -0.15) is 4.31 Å². The number of amides is 1. The quantitative estimate of drug-likeness (QED) is 0.764. The monoisotopic (exact) mass is 396 g/mol. The van der Waals surface area contributed by atoms with Crippen molar-refractivity contribution in [3.8, 4) is 0 Å². The van der Waals surface area contributed by atoms with Crippen LogP contribution in [0.15, 0.2) is 29.2 Å². The maximum absolute atomic E-state index is 13.5. The van der Waals surface area contributed by atoms with Gasteiger partial charge in [0.05, 0.1) is 4.90 Å². The highest BCUT2D eigenvalue weighted by molar-refractivity contribution is 7.89. The molecule has 0 aromatic heterocycles. The first-order valence-corrected chi connectivity index (χ1v) is 11.1. The van der Waals surface area contributed by atoms with E-state index in [9.17, 15) is 17.6 Å². The summed E-state index contributed by atoms with van der Waals surface area (Å²) in [4.78, 5) is 14.9. The van der Waals surface area contributed by atoms with Gasteiger partial charge in [-0.1, -0.05) is 6.07 Å². The highest BCUT2D eigenvalue weighted by Crippen LogP contribution is 2.35. The van der Waals surface area contributed by atoms with Crippen LogP contribution in [0.2, 0.25) is 0 Å². The molecule has 0 N–H and O–H groups in total. The molecule has 3 fully saturated rings. The first-order chi connectivity index (χ1) is 13.0. The normalized spacial score (nSPS) is 24.9. The van der Waals surface area contributed by atoms with Crippen molar-refractivity contribution in [3.05, 3.63) is 30.1 Å². The average molecular weight is 396 g/mol. The standard InChI is InChI=1S/C19H25FN2O4S/c20-15-2-1-3-18(12-15)27(24,25)21-9-6-17(13-21)22(19(23)14-4-5-14)16-7-10-26-11-8-16/h1-3,12,14,16-17H,4-11,13H2. The maximum atomic E-state index is 13.5. The molecule has 1 unspecified atom stereocenters. The Morgan fingerprint density at radius 2 is 1.85 bits per heavy atom. The van der Waals surface area contributed by atoms with Gasteiger partial charge in [0.25, 0.3) is 0 Å². The molecule has 1 aliphatic carbocycles. The molecule has 0 spiro atoms. The summed E-state index contributed by atoms with van der Waals surface area (Å²) < 4.78 is 46.1. The molecule has 2 saturated heterocycles. The van der Waals surface area contributed by atoms with Crippen LogP contribution in [-0.2, 0) is 19.6 Å². The lowest BCUT2D eigenvalue weighted by molar-refractivity contribution is -0.139. The number of nitrogens with zero attached hydrogens (tertiary/aromatic N) is 2. The number of hydrogen-bond donors (Lipinski definition) is 0. The Hall–Kier alpha value is -1.51. The van der Waals surface area contributed by atoms with Crippen LogP contribution >= 0.6 is 0 Å². The van der Waals surface area contributed by atoms with E-state index >= 15 is 0 Å². The predicted octanol–water partition coefficient (Wildman–Crippen LogP) is 2.01. The summed E-state index contributed by atoms with van der Waals surface area (Å²) in [5.74, 6) is -0.307. The Balaban J connectivity index is 1.53. The van der Waals surface area contributed by atoms with Gasteiger partial charge in [0.1, 0.15) is 5.82 Å². The zero-order chi connectivity index (χ0) is 19.0. The topological polar surface area (TPSA) is 66.9 Å². The van der Waals surface area contributed by atoms with Crippen molar-refractivity contribution in [3.63, 3.8) is 0 Å². The number of benzene rings is 1. The molecule has 8 heteroatoms. The van der Waals surface area contributed by atoms with E-state index in [1.54, 1.807) is 0 Å². The molecule has 0 radical (unpaired) electrons. The third kappa shape index (κ3) is 3.88. The number of sulfonamides is 1. The largest absolute Gasteiger partial charge is 0.381 e. The van der Waals surface area contributed by atoms with E-state index in [1.165, 1.54) is 22.5 Å². The van der Waals surface area contributed by atoms with Crippen LogP contribution in [0.3, 0.4) is 0 Å². The zero-order valence-corrected chi connectivity index (χ0v) is 16.0. The molecule has 1 aromatic rings. The van der Waals surface area contributed by atoms with E-state index < -0.39 is 15.8 Å². The summed E-state index contributed by atoms with van der Waals surface area (Å²) in [6, 6.07) is 5.09. The second-order valence-electron chi connectivity index (χ2n) is 7.63. The highest BCUT2D eigenvalue weighted by atomic mass is 32.2. The fraction of sp³-hybridized carbons (Fsp3) is 0.632. The third-order valence-corrected chi connectivity index (χ3v) is 7.58. The number of halogens is 1. The Bertz CT molecular complexity index is 806. The van der Waals surface area contributed by atoms with Gasteiger partial charge in [-0.25, -0.2) is 12.8 Å². The lowest BCUT2D eigenvalue weighted by Gasteiger charge is -2.38. The molecule has 2 heterocycles. The Morgan fingerprint density at radius 1 is 1.11 bits per heavy atom. The van der Waals surface area contributed by atoms with E-state index in [0.29, 0.717) is 26.2 Å². The molecule has 148 valence electrons. The van der Waals surface area contributed by atoms with Gasteiger partial charge < -0.3 is 9.64 Å². The van der Waals surface area contributed by atoms with Crippen LogP contribution in [0.5, 0.6) is 0 Å². The number of ether oxygens (including phenoxy) is 1. The van der Waals surface area contributed by atoms with Gasteiger partial charge in [0.15, 0.2) is 0 Å². The molecule has 27 heavy (non-hydrogen) atoms. The van der Waals surface area contributed by atoms with Gasteiger partial charge in [-0.15, -0.1) is 0 Å². The highest BCUT2D eigenvalue weighted by Gasteiger charge is 2.43. The van der Waals surface area contributed by atoms with E-state index in [2.05, 4.69) is 0 Å². The van der Waals surface area contributed by atoms with Crippen LogP contribution in [0.4, 0.5) is 4.39 Å². The van der Waals surface area contributed by atoms with E-state index in [0.717, 1.165) is 31.7 Å². The van der Waals surface area contributed by atoms with Crippen molar-refractivity contribution in [2.24, 2.45) is 5.92 Å². The first-order valence-electron chi connectivity index (χ1n) is 9.62. The summed E-state index contributed by atoms with van der Waals surface area (Å²) in [5, 5.41) is 0. The summed E-state index contributed by atoms with van der Waals surface area (Å²) in [5.41, 5.74) is 0. The molecular weight excluding hydrogens is 371 g/mol. The van der Waals surface area contributed by atoms with Crippen LogP contribution in [-0.4, -0.2) is 61.9 Å². The number of carbonyl (C=O) groups is 1. The van der Waals surface area contributed by atoms with Crippen LogP contribution in [0, 0.1) is 11.7 Å². The van der Waals surface area contributed by atoms with Gasteiger partial charge in [-0.05, 0) is 50.3 Å². The van der Waals surface area contributed by atoms with Crippen LogP contribution < -0.4 is 0 Å². The smallest absolute Gasteiger partial charge is 0.243 e. The minimum absolute atomic E-state index is 0.0331. The fourth-order valence-corrected chi connectivity index (χ4v) is 5.62. The van der Waals surface area contributed by atoms with Crippen molar-refractivity contribution in [1.82, 2.24) is 9.21 Å². The van der Waals surface area contributed by atoms with Gasteiger partial charge in [0.2, 0.25) is 15.9 Å². The summed E-state index contributed by atoms with van der Waals surface area (Å²) in [6.07, 6.45) is 4.06. The van der Waals surface area contributed by atoms with E-state index in [4.69, 9.17) is 4.74 Å². The Morgan fingerprint density at radius 3 is 2.52 bits per heavy atom. The van der Waals surface area contributed by atoms with Gasteiger partial charge in [-0.3, -0.25) is 4.79 Å². The number of hydrogen-bond acceptors (Lipinski definition) is 4. The van der Waals surface area contributed by atoms with E-state index in [1.807, 2.05) is 4.90 Å². The second kappa shape index (κ2) is 7.48. The lowest BCUT2D eigenvalue weighted by atomic mass is 10.0. The van der Waals surface area contributed by atoms with Crippen molar-refractivity contribution < 1.29 is 22.3 Å². The molecule has 0 bridgehead atoms. The van der Waals surface area contributed by atoms with Crippen molar-refractivity contribution in [2.75, 3.05) is 26.3 Å². The molecule has 2 aliphatic heterocycles. The van der Waals surface area contributed by atoms with Crippen molar-refractivity contribution >= 4 is 15.9 Å². The zero-order valence-electron chi connectivity index (χ0n) is 15.2. The lowest BCUT2D eigenvalue weighted by Crippen LogP contribution is -2.51. The summed E-state index contributed by atoms with van der Waals surface area (Å²) in [7, 11) is -3.76. The number of rotatable bonds is 5. The van der Waals surface area contributed by atoms with Gasteiger partial charge in [0, 0.05) is 44.3 Å². The Labute approximate surface area is 159 Å². The summed E-state index contributed by atoms with van der Waals surface area (Å²) >= 11 is 0. The predicted molar refractivity (Wildman–Crippen MR) is 97.0 cm³/mol. The minimum atomic E-state index is -3.76. The Kier molecular flexibility index (Phi) is 5.22. The van der Waals surface area contributed by atoms with Crippen LogP contribution in [0.25, 0.3) is 0 Å². The first kappa shape index (κ1) is 18.8. The minimum Gasteiger partial charge on any atom is -0.381 e. The van der Waals surface area contributed by atoms with Crippen molar-refractivity contribution in [2.45, 2.75) is 49.1 Å². The fourth-order valence-electron chi connectivity index (χ4n) is 4.09. The molecule has 6 nitrogen and oxygen atoms in total. The molecule has 4 rings (SSSR count).